The van der Waals surface area contributed by atoms with Gasteiger partial charge in [0.2, 0.25) is 0 Å². The smallest absolute Gasteiger partial charge is 0.328 e. The highest BCUT2D eigenvalue weighted by atomic mass is 35.5. The molecule has 0 bridgehead atoms. The molecule has 6 nitrogen and oxygen atoms in total. The molecular formula is C14H18ClNO5. The molecule has 0 aliphatic heterocycles. The molecule has 0 saturated carbocycles. The second kappa shape index (κ2) is 6.67. The molecule has 21 heavy (non-hydrogen) atoms. The van der Waals surface area contributed by atoms with E-state index in [1.165, 1.54) is 33.1 Å². The average Bonchev–Trinajstić information content (AvgIpc) is 2.40. The van der Waals surface area contributed by atoms with Crippen LogP contribution in [0.5, 0.6) is 11.5 Å². The highest BCUT2D eigenvalue weighted by molar-refractivity contribution is 6.32. The summed E-state index contributed by atoms with van der Waals surface area (Å²) in [6.45, 7) is 4.97. The lowest BCUT2D eigenvalue weighted by molar-refractivity contribution is -0.143. The Bertz CT molecular complexity index is 557. The minimum absolute atomic E-state index is 0.189. The number of nitrogens with one attached hydrogen (secondary N) is 1. The summed E-state index contributed by atoms with van der Waals surface area (Å²) < 4.78 is 10.5. The van der Waals surface area contributed by atoms with Crippen molar-refractivity contribution in [2.24, 2.45) is 0 Å². The van der Waals surface area contributed by atoms with Gasteiger partial charge in [0, 0.05) is 5.56 Å². The van der Waals surface area contributed by atoms with Crippen LogP contribution in [0.4, 0.5) is 0 Å². The zero-order chi connectivity index (χ0) is 16.2. The molecule has 0 radical (unpaired) electrons. The standard InChI is InChI=1S/C14H18ClNO5/c1-5-21-11-9(15)6-8(7-10(11)20-4)12(17)16-14(2,3)13(18)19/h6-7H,5H2,1-4H3,(H,16,17)(H,18,19). The molecule has 2 N–H and O–H groups in total. The molecule has 1 aromatic rings. The quantitative estimate of drug-likeness (QED) is 0.841. The fourth-order valence-corrected chi connectivity index (χ4v) is 1.81. The van der Waals surface area contributed by atoms with Gasteiger partial charge in [-0.25, -0.2) is 4.79 Å². The molecule has 0 saturated heterocycles. The lowest BCUT2D eigenvalue weighted by Crippen LogP contribution is -2.49. The second-order valence-corrected chi connectivity index (χ2v) is 5.21. The van der Waals surface area contributed by atoms with E-state index in [-0.39, 0.29) is 10.6 Å². The molecule has 116 valence electrons. The topological polar surface area (TPSA) is 84.9 Å². The molecule has 0 unspecified atom stereocenters. The van der Waals surface area contributed by atoms with Gasteiger partial charge in [-0.1, -0.05) is 11.6 Å². The minimum Gasteiger partial charge on any atom is -0.493 e. The Morgan fingerprint density at radius 1 is 1.38 bits per heavy atom. The number of benzene rings is 1. The maximum absolute atomic E-state index is 12.1. The molecule has 0 fully saturated rings. The summed E-state index contributed by atoms with van der Waals surface area (Å²) in [6, 6.07) is 2.85. The maximum Gasteiger partial charge on any atom is 0.328 e. The number of halogens is 1. The summed E-state index contributed by atoms with van der Waals surface area (Å²) in [5.74, 6) is -1.05. The van der Waals surface area contributed by atoms with Gasteiger partial charge in [-0.15, -0.1) is 0 Å². The van der Waals surface area contributed by atoms with E-state index in [1.807, 2.05) is 0 Å². The summed E-state index contributed by atoms with van der Waals surface area (Å²) in [4.78, 5) is 23.2. The Morgan fingerprint density at radius 2 is 2.00 bits per heavy atom. The third-order valence-electron chi connectivity index (χ3n) is 2.74. The van der Waals surface area contributed by atoms with Crippen molar-refractivity contribution < 1.29 is 24.2 Å². The SMILES string of the molecule is CCOc1c(Cl)cc(C(=O)NC(C)(C)C(=O)O)cc1OC. The average molecular weight is 316 g/mol. The van der Waals surface area contributed by atoms with Gasteiger partial charge in [-0.05, 0) is 32.9 Å². The highest BCUT2D eigenvalue weighted by Gasteiger charge is 2.30. The van der Waals surface area contributed by atoms with Gasteiger partial charge in [0.15, 0.2) is 11.5 Å². The first-order valence-electron chi connectivity index (χ1n) is 6.29. The monoisotopic (exact) mass is 315 g/mol. The Kier molecular flexibility index (Phi) is 5.43. The molecule has 1 rings (SSSR count). The molecule has 0 heterocycles. The molecule has 0 aliphatic carbocycles. The number of hydrogen-bond acceptors (Lipinski definition) is 4. The van der Waals surface area contributed by atoms with E-state index in [0.29, 0.717) is 18.1 Å². The molecule has 0 aliphatic rings. The zero-order valence-corrected chi connectivity index (χ0v) is 13.1. The molecule has 1 aromatic carbocycles. The van der Waals surface area contributed by atoms with Crippen molar-refractivity contribution in [3.05, 3.63) is 22.7 Å². The fourth-order valence-electron chi connectivity index (χ4n) is 1.54. The zero-order valence-electron chi connectivity index (χ0n) is 12.3. The second-order valence-electron chi connectivity index (χ2n) is 4.81. The fraction of sp³-hybridized carbons (Fsp3) is 0.429. The predicted molar refractivity (Wildman–Crippen MR) is 78.4 cm³/mol. The summed E-state index contributed by atoms with van der Waals surface area (Å²) in [5, 5.41) is 11.6. The van der Waals surface area contributed by atoms with Gasteiger partial charge < -0.3 is 19.9 Å². The number of rotatable bonds is 6. The Balaban J connectivity index is 3.12. The van der Waals surface area contributed by atoms with E-state index in [2.05, 4.69) is 5.32 Å². The molecule has 7 heteroatoms. The number of carbonyl (C=O) groups is 2. The van der Waals surface area contributed by atoms with Crippen LogP contribution in [-0.4, -0.2) is 36.2 Å². The number of ether oxygens (including phenoxy) is 2. The summed E-state index contributed by atoms with van der Waals surface area (Å²) in [7, 11) is 1.43. The van der Waals surface area contributed by atoms with Crippen molar-refractivity contribution in [3.8, 4) is 11.5 Å². The number of carboxylic acids is 1. The van der Waals surface area contributed by atoms with Gasteiger partial charge >= 0.3 is 5.97 Å². The van der Waals surface area contributed by atoms with Crippen LogP contribution in [0.3, 0.4) is 0 Å². The summed E-state index contributed by atoms with van der Waals surface area (Å²) in [5.41, 5.74) is -1.20. The van der Waals surface area contributed by atoms with Crippen molar-refractivity contribution in [2.45, 2.75) is 26.3 Å². The summed E-state index contributed by atoms with van der Waals surface area (Å²) in [6.07, 6.45) is 0. The van der Waals surface area contributed by atoms with E-state index < -0.39 is 17.4 Å². The van der Waals surface area contributed by atoms with Gasteiger partial charge in [-0.3, -0.25) is 4.79 Å². The van der Waals surface area contributed by atoms with Crippen LogP contribution in [0.1, 0.15) is 31.1 Å². The van der Waals surface area contributed by atoms with E-state index in [9.17, 15) is 9.59 Å². The van der Waals surface area contributed by atoms with Crippen molar-refractivity contribution in [2.75, 3.05) is 13.7 Å². The molecule has 0 aromatic heterocycles. The van der Waals surface area contributed by atoms with Crippen molar-refractivity contribution in [3.63, 3.8) is 0 Å². The van der Waals surface area contributed by atoms with Gasteiger partial charge in [-0.2, -0.15) is 0 Å². The number of aliphatic carboxylic acids is 1. The number of hydrogen-bond donors (Lipinski definition) is 2. The van der Waals surface area contributed by atoms with Crippen LogP contribution in [0.2, 0.25) is 5.02 Å². The van der Waals surface area contributed by atoms with E-state index >= 15 is 0 Å². The van der Waals surface area contributed by atoms with Crippen LogP contribution >= 0.6 is 11.6 Å². The van der Waals surface area contributed by atoms with Crippen molar-refractivity contribution in [1.82, 2.24) is 5.32 Å². The van der Waals surface area contributed by atoms with Crippen LogP contribution in [0, 0.1) is 0 Å². The third kappa shape index (κ3) is 4.01. The largest absolute Gasteiger partial charge is 0.493 e. The normalized spacial score (nSPS) is 10.9. The number of amides is 1. The van der Waals surface area contributed by atoms with E-state index in [0.717, 1.165) is 0 Å². The van der Waals surface area contributed by atoms with Gasteiger partial charge in [0.25, 0.3) is 5.91 Å². The van der Waals surface area contributed by atoms with Crippen LogP contribution in [-0.2, 0) is 4.79 Å². The molecule has 1 amide bonds. The van der Waals surface area contributed by atoms with Gasteiger partial charge in [0.1, 0.15) is 5.54 Å². The van der Waals surface area contributed by atoms with Crippen molar-refractivity contribution >= 4 is 23.5 Å². The Hall–Kier alpha value is -1.95. The number of carbonyl (C=O) groups excluding carboxylic acids is 1. The van der Waals surface area contributed by atoms with Crippen molar-refractivity contribution in [1.29, 1.82) is 0 Å². The first kappa shape index (κ1) is 17.1. The van der Waals surface area contributed by atoms with Crippen LogP contribution in [0.15, 0.2) is 12.1 Å². The first-order valence-corrected chi connectivity index (χ1v) is 6.67. The van der Waals surface area contributed by atoms with E-state index in [1.54, 1.807) is 6.92 Å². The Morgan fingerprint density at radius 3 is 2.48 bits per heavy atom. The first-order chi connectivity index (χ1) is 9.72. The van der Waals surface area contributed by atoms with Gasteiger partial charge in [0.05, 0.1) is 18.7 Å². The lowest BCUT2D eigenvalue weighted by Gasteiger charge is -2.21. The van der Waals surface area contributed by atoms with Crippen LogP contribution < -0.4 is 14.8 Å². The highest BCUT2D eigenvalue weighted by Crippen LogP contribution is 2.36. The number of methoxy groups -OCH3 is 1. The molecule has 0 spiro atoms. The van der Waals surface area contributed by atoms with Crippen LogP contribution in [0.25, 0.3) is 0 Å². The summed E-state index contributed by atoms with van der Waals surface area (Å²) >= 11 is 6.07. The molecular weight excluding hydrogens is 298 g/mol. The Labute approximate surface area is 128 Å². The number of carboxylic acid groups (broad SMARTS) is 1. The maximum atomic E-state index is 12.1. The molecule has 0 atom stereocenters. The van der Waals surface area contributed by atoms with E-state index in [4.69, 9.17) is 26.2 Å². The lowest BCUT2D eigenvalue weighted by atomic mass is 10.0. The predicted octanol–water partition coefficient (Wildman–Crippen LogP) is 2.34. The third-order valence-corrected chi connectivity index (χ3v) is 3.02. The minimum atomic E-state index is -1.39.